The highest BCUT2D eigenvalue weighted by atomic mass is 35.5. The van der Waals surface area contributed by atoms with Gasteiger partial charge < -0.3 is 0 Å². The molecule has 0 radical (unpaired) electrons. The summed E-state index contributed by atoms with van der Waals surface area (Å²) in [5.41, 5.74) is 1.38. The quantitative estimate of drug-likeness (QED) is 0.776. The standard InChI is InChI=1S/C12H16ClNO4S2/c1-10-11(9-13)3-2-4-12(10)20(17,18)14-5-7-19(15,16)8-6-14/h2-4H,5-9H2,1H3. The molecule has 0 aliphatic carbocycles. The van der Waals surface area contributed by atoms with Crippen LogP contribution in [0.4, 0.5) is 0 Å². The fourth-order valence-electron chi connectivity index (χ4n) is 2.16. The van der Waals surface area contributed by atoms with Crippen molar-refractivity contribution in [2.24, 2.45) is 0 Å². The van der Waals surface area contributed by atoms with Crippen LogP contribution in [0.1, 0.15) is 11.1 Å². The molecule has 0 bridgehead atoms. The second-order valence-corrected chi connectivity index (χ2v) is 9.21. The maximum Gasteiger partial charge on any atom is 0.243 e. The first kappa shape index (κ1) is 15.8. The summed E-state index contributed by atoms with van der Waals surface area (Å²) >= 11 is 5.79. The summed E-state index contributed by atoms with van der Waals surface area (Å²) in [5, 5.41) is 0. The highest BCUT2D eigenvalue weighted by molar-refractivity contribution is 7.92. The van der Waals surface area contributed by atoms with Gasteiger partial charge in [-0.1, -0.05) is 12.1 Å². The number of hydrogen-bond acceptors (Lipinski definition) is 4. The lowest BCUT2D eigenvalue weighted by Crippen LogP contribution is -2.43. The van der Waals surface area contributed by atoms with Crippen molar-refractivity contribution in [3.8, 4) is 0 Å². The summed E-state index contributed by atoms with van der Waals surface area (Å²) in [6.45, 7) is 1.73. The predicted molar refractivity (Wildman–Crippen MR) is 78.1 cm³/mol. The van der Waals surface area contributed by atoms with Crippen LogP contribution in [-0.4, -0.2) is 45.7 Å². The lowest BCUT2D eigenvalue weighted by atomic mass is 10.1. The molecule has 0 spiro atoms. The van der Waals surface area contributed by atoms with Crippen LogP contribution < -0.4 is 0 Å². The molecule has 0 N–H and O–H groups in total. The van der Waals surface area contributed by atoms with Crippen LogP contribution in [0.3, 0.4) is 0 Å². The molecule has 0 unspecified atom stereocenters. The molecule has 0 aromatic heterocycles. The smallest absolute Gasteiger partial charge is 0.229 e. The Morgan fingerprint density at radius 3 is 2.40 bits per heavy atom. The Balaban J connectivity index is 2.37. The number of sulfonamides is 1. The summed E-state index contributed by atoms with van der Waals surface area (Å²) in [6.07, 6.45) is 0. The van der Waals surface area contributed by atoms with Gasteiger partial charge in [0, 0.05) is 19.0 Å². The average Bonchev–Trinajstić information content (AvgIpc) is 2.38. The van der Waals surface area contributed by atoms with E-state index in [1.54, 1.807) is 19.1 Å². The van der Waals surface area contributed by atoms with Gasteiger partial charge in [0.2, 0.25) is 10.0 Å². The molecule has 0 amide bonds. The largest absolute Gasteiger partial charge is 0.243 e. The van der Waals surface area contributed by atoms with E-state index in [4.69, 9.17) is 11.6 Å². The normalized spacial score (nSPS) is 19.9. The molecule has 0 atom stereocenters. The zero-order valence-corrected chi connectivity index (χ0v) is 13.4. The van der Waals surface area contributed by atoms with E-state index in [-0.39, 0.29) is 35.4 Å². The molecule has 1 heterocycles. The van der Waals surface area contributed by atoms with Crippen molar-refractivity contribution in [2.45, 2.75) is 17.7 Å². The summed E-state index contributed by atoms with van der Waals surface area (Å²) in [7, 11) is -6.77. The molecule has 8 heteroatoms. The minimum absolute atomic E-state index is 0.00914. The van der Waals surface area contributed by atoms with Gasteiger partial charge in [0.25, 0.3) is 0 Å². The number of rotatable bonds is 3. The first-order valence-electron chi connectivity index (χ1n) is 6.13. The Bertz CT molecular complexity index is 699. The first-order chi connectivity index (χ1) is 9.28. The molecule has 1 aromatic carbocycles. The lowest BCUT2D eigenvalue weighted by molar-refractivity contribution is 0.430. The zero-order valence-electron chi connectivity index (χ0n) is 11.0. The number of halogens is 1. The first-order valence-corrected chi connectivity index (χ1v) is 9.92. The number of hydrogen-bond donors (Lipinski definition) is 0. The van der Waals surface area contributed by atoms with E-state index in [1.807, 2.05) is 0 Å². The Morgan fingerprint density at radius 2 is 1.85 bits per heavy atom. The highest BCUT2D eigenvalue weighted by Gasteiger charge is 2.32. The number of alkyl halides is 1. The van der Waals surface area contributed by atoms with Gasteiger partial charge in [-0.2, -0.15) is 4.31 Å². The Labute approximate surface area is 124 Å². The molecule has 112 valence electrons. The van der Waals surface area contributed by atoms with Gasteiger partial charge in [0.05, 0.1) is 16.4 Å². The van der Waals surface area contributed by atoms with Gasteiger partial charge >= 0.3 is 0 Å². The van der Waals surface area contributed by atoms with Gasteiger partial charge in [0.1, 0.15) is 0 Å². The molecule has 20 heavy (non-hydrogen) atoms. The summed E-state index contributed by atoms with van der Waals surface area (Å²) in [4.78, 5) is 0.204. The van der Waals surface area contributed by atoms with Gasteiger partial charge in [-0.15, -0.1) is 11.6 Å². The fraction of sp³-hybridized carbons (Fsp3) is 0.500. The fourth-order valence-corrected chi connectivity index (χ4v) is 5.59. The van der Waals surface area contributed by atoms with Crippen molar-refractivity contribution < 1.29 is 16.8 Å². The summed E-state index contributed by atoms with van der Waals surface area (Å²) < 4.78 is 49.2. The number of nitrogens with zero attached hydrogens (tertiary/aromatic N) is 1. The van der Waals surface area contributed by atoms with Crippen molar-refractivity contribution >= 4 is 31.5 Å². The van der Waals surface area contributed by atoms with E-state index in [9.17, 15) is 16.8 Å². The average molecular weight is 338 g/mol. The van der Waals surface area contributed by atoms with Crippen LogP contribution in [0, 0.1) is 6.92 Å². The third-order valence-corrected chi connectivity index (χ3v) is 7.40. The summed E-state index contributed by atoms with van der Waals surface area (Å²) in [6, 6.07) is 4.96. The van der Waals surface area contributed by atoms with Crippen molar-refractivity contribution in [3.05, 3.63) is 29.3 Å². The van der Waals surface area contributed by atoms with Crippen molar-refractivity contribution in [1.82, 2.24) is 4.31 Å². The second-order valence-electron chi connectivity index (χ2n) is 4.73. The lowest BCUT2D eigenvalue weighted by Gasteiger charge is -2.26. The molecular weight excluding hydrogens is 322 g/mol. The van der Waals surface area contributed by atoms with Crippen LogP contribution in [0.25, 0.3) is 0 Å². The molecule has 1 aliphatic heterocycles. The zero-order chi connectivity index (χ0) is 15.0. The molecule has 1 fully saturated rings. The molecule has 2 rings (SSSR count). The maximum atomic E-state index is 12.6. The van der Waals surface area contributed by atoms with E-state index in [0.29, 0.717) is 5.56 Å². The monoisotopic (exact) mass is 337 g/mol. The topological polar surface area (TPSA) is 71.5 Å². The molecular formula is C12H16ClNO4S2. The van der Waals surface area contributed by atoms with Gasteiger partial charge in [-0.25, -0.2) is 16.8 Å². The third-order valence-electron chi connectivity index (χ3n) is 3.46. The minimum atomic E-state index is -3.67. The SMILES string of the molecule is Cc1c(CCl)cccc1S(=O)(=O)N1CCS(=O)(=O)CC1. The second kappa shape index (κ2) is 5.63. The molecule has 1 saturated heterocycles. The number of benzene rings is 1. The minimum Gasteiger partial charge on any atom is -0.229 e. The maximum absolute atomic E-state index is 12.6. The van der Waals surface area contributed by atoms with E-state index in [2.05, 4.69) is 0 Å². The van der Waals surface area contributed by atoms with Crippen LogP contribution in [0.5, 0.6) is 0 Å². The van der Waals surface area contributed by atoms with E-state index >= 15 is 0 Å². The van der Waals surface area contributed by atoms with Gasteiger partial charge in [-0.3, -0.25) is 0 Å². The van der Waals surface area contributed by atoms with E-state index in [0.717, 1.165) is 5.56 Å². The molecule has 5 nitrogen and oxygen atoms in total. The third kappa shape index (κ3) is 3.00. The van der Waals surface area contributed by atoms with Crippen LogP contribution in [0.15, 0.2) is 23.1 Å². The van der Waals surface area contributed by atoms with Gasteiger partial charge in [0.15, 0.2) is 9.84 Å². The Kier molecular flexibility index (Phi) is 4.44. The van der Waals surface area contributed by atoms with Crippen molar-refractivity contribution in [3.63, 3.8) is 0 Å². The van der Waals surface area contributed by atoms with Crippen molar-refractivity contribution in [1.29, 1.82) is 0 Å². The molecule has 0 saturated carbocycles. The number of sulfone groups is 1. The Hall–Kier alpha value is -0.630. The van der Waals surface area contributed by atoms with E-state index in [1.165, 1.54) is 10.4 Å². The molecule has 1 aliphatic rings. The predicted octanol–water partition coefficient (Wildman–Crippen LogP) is 1.15. The summed E-state index contributed by atoms with van der Waals surface area (Å²) in [5.74, 6) is -0.00940. The Morgan fingerprint density at radius 1 is 1.25 bits per heavy atom. The molecule has 1 aromatic rings. The van der Waals surface area contributed by atoms with Crippen LogP contribution in [0.2, 0.25) is 0 Å². The van der Waals surface area contributed by atoms with E-state index < -0.39 is 19.9 Å². The highest BCUT2D eigenvalue weighted by Crippen LogP contribution is 2.24. The van der Waals surface area contributed by atoms with Gasteiger partial charge in [-0.05, 0) is 24.1 Å². The van der Waals surface area contributed by atoms with Crippen LogP contribution >= 0.6 is 11.6 Å². The van der Waals surface area contributed by atoms with Crippen LogP contribution in [-0.2, 0) is 25.7 Å². The van der Waals surface area contributed by atoms with Crippen molar-refractivity contribution in [2.75, 3.05) is 24.6 Å².